The number of benzene rings is 1. The first-order chi connectivity index (χ1) is 8.72. The van der Waals surface area contributed by atoms with Gasteiger partial charge in [0.15, 0.2) is 0 Å². The molecule has 0 radical (unpaired) electrons. The molecule has 1 aromatic carbocycles. The van der Waals surface area contributed by atoms with Crippen LogP contribution in [0.4, 0.5) is 11.5 Å². The lowest BCUT2D eigenvalue weighted by Crippen LogP contribution is -1.95. The maximum atomic E-state index is 8.81. The number of halogens is 1. The van der Waals surface area contributed by atoms with E-state index in [4.69, 9.17) is 10.5 Å². The number of rotatable bonds is 2. The van der Waals surface area contributed by atoms with Gasteiger partial charge in [-0.3, -0.25) is 0 Å². The van der Waals surface area contributed by atoms with Crippen LogP contribution in [0.15, 0.2) is 41.0 Å². The van der Waals surface area contributed by atoms with E-state index in [1.54, 1.807) is 24.3 Å². The van der Waals surface area contributed by atoms with E-state index in [1.807, 2.05) is 12.1 Å². The first-order valence-electron chi connectivity index (χ1n) is 5.06. The summed E-state index contributed by atoms with van der Waals surface area (Å²) in [5.74, 6) is 0.601. The van der Waals surface area contributed by atoms with Crippen LogP contribution in [0.25, 0.3) is 0 Å². The number of pyridine rings is 1. The van der Waals surface area contributed by atoms with Gasteiger partial charge >= 0.3 is 0 Å². The van der Waals surface area contributed by atoms with Crippen LogP contribution in [0.3, 0.4) is 0 Å². The minimum Gasteiger partial charge on any atom is -0.339 e. The predicted octanol–water partition coefficient (Wildman–Crippen LogP) is 3.33. The molecule has 0 fully saturated rings. The molecule has 0 saturated carbocycles. The van der Waals surface area contributed by atoms with Crippen LogP contribution in [0.1, 0.15) is 11.1 Å². The molecule has 0 bridgehead atoms. The van der Waals surface area contributed by atoms with Gasteiger partial charge < -0.3 is 5.32 Å². The molecule has 5 heteroatoms. The molecule has 0 saturated heterocycles. The maximum Gasteiger partial charge on any atom is 0.144 e. The summed E-state index contributed by atoms with van der Waals surface area (Å²) in [5.41, 5.74) is 1.83. The highest BCUT2D eigenvalue weighted by Gasteiger charge is 2.04. The summed E-state index contributed by atoms with van der Waals surface area (Å²) < 4.78 is 0.698. The molecular formula is C13H7BrN4. The summed E-state index contributed by atoms with van der Waals surface area (Å²) in [7, 11) is 0. The summed E-state index contributed by atoms with van der Waals surface area (Å²) in [6.45, 7) is 0. The lowest BCUT2D eigenvalue weighted by molar-refractivity contribution is 1.27. The molecule has 0 spiro atoms. The number of anilines is 2. The Hall–Kier alpha value is -2.37. The lowest BCUT2D eigenvalue weighted by atomic mass is 10.2. The predicted molar refractivity (Wildman–Crippen MR) is 71.1 cm³/mol. The molecule has 18 heavy (non-hydrogen) atoms. The van der Waals surface area contributed by atoms with Crippen molar-refractivity contribution in [1.29, 1.82) is 10.5 Å². The molecule has 0 unspecified atom stereocenters. The van der Waals surface area contributed by atoms with Crippen LogP contribution in [0.2, 0.25) is 0 Å². The van der Waals surface area contributed by atoms with Gasteiger partial charge in [0.2, 0.25) is 0 Å². The Morgan fingerprint density at radius 3 is 2.56 bits per heavy atom. The number of aromatic nitrogens is 1. The van der Waals surface area contributed by atoms with Crippen LogP contribution in [0.5, 0.6) is 0 Å². The quantitative estimate of drug-likeness (QED) is 0.923. The van der Waals surface area contributed by atoms with E-state index >= 15 is 0 Å². The molecule has 1 aromatic heterocycles. The largest absolute Gasteiger partial charge is 0.339 e. The topological polar surface area (TPSA) is 72.5 Å². The van der Waals surface area contributed by atoms with E-state index in [-0.39, 0.29) is 0 Å². The minimum absolute atomic E-state index is 0.484. The Kier molecular flexibility index (Phi) is 3.57. The number of nitrogens with zero attached hydrogens (tertiary/aromatic N) is 3. The van der Waals surface area contributed by atoms with Gasteiger partial charge in [0.05, 0.1) is 21.7 Å². The van der Waals surface area contributed by atoms with Crippen molar-refractivity contribution in [1.82, 2.24) is 4.98 Å². The minimum atomic E-state index is 0.484. The van der Waals surface area contributed by atoms with E-state index in [1.165, 1.54) is 6.20 Å². The Balaban J connectivity index is 2.29. The molecular weight excluding hydrogens is 292 g/mol. The van der Waals surface area contributed by atoms with Gasteiger partial charge in [0.1, 0.15) is 11.9 Å². The Bertz CT molecular complexity index is 667. The van der Waals surface area contributed by atoms with Gasteiger partial charge in [0, 0.05) is 11.9 Å². The summed E-state index contributed by atoms with van der Waals surface area (Å²) in [4.78, 5) is 4.14. The molecule has 0 amide bonds. The van der Waals surface area contributed by atoms with Crippen molar-refractivity contribution in [2.75, 3.05) is 5.32 Å². The van der Waals surface area contributed by atoms with Gasteiger partial charge in [-0.25, -0.2) is 4.98 Å². The van der Waals surface area contributed by atoms with Crippen LogP contribution in [-0.4, -0.2) is 4.98 Å². The third-order valence-electron chi connectivity index (χ3n) is 2.22. The van der Waals surface area contributed by atoms with E-state index in [0.717, 1.165) is 5.69 Å². The fourth-order valence-corrected chi connectivity index (χ4v) is 1.84. The SMILES string of the molecule is N#Cc1cccc(Nc2ncc(C#N)cc2Br)c1. The number of nitrogens with one attached hydrogen (secondary N) is 1. The summed E-state index contributed by atoms with van der Waals surface area (Å²) in [6.07, 6.45) is 1.49. The fourth-order valence-electron chi connectivity index (χ4n) is 1.39. The van der Waals surface area contributed by atoms with Crippen molar-refractivity contribution >= 4 is 27.4 Å². The monoisotopic (exact) mass is 298 g/mol. The molecule has 86 valence electrons. The van der Waals surface area contributed by atoms with Crippen LogP contribution >= 0.6 is 15.9 Å². The Morgan fingerprint density at radius 2 is 1.89 bits per heavy atom. The zero-order chi connectivity index (χ0) is 13.0. The Labute approximate surface area is 113 Å². The maximum absolute atomic E-state index is 8.81. The number of hydrogen-bond acceptors (Lipinski definition) is 4. The van der Waals surface area contributed by atoms with Gasteiger partial charge in [0.25, 0.3) is 0 Å². The second kappa shape index (κ2) is 5.31. The molecule has 1 N–H and O–H groups in total. The van der Waals surface area contributed by atoms with E-state index in [9.17, 15) is 0 Å². The van der Waals surface area contributed by atoms with Gasteiger partial charge in [-0.2, -0.15) is 10.5 Å². The van der Waals surface area contributed by atoms with Crippen molar-refractivity contribution in [3.63, 3.8) is 0 Å². The molecule has 0 aliphatic heterocycles. The fraction of sp³-hybridized carbons (Fsp3) is 0. The molecule has 2 rings (SSSR count). The molecule has 0 atom stereocenters. The average molecular weight is 299 g/mol. The van der Waals surface area contributed by atoms with E-state index in [0.29, 0.717) is 21.4 Å². The zero-order valence-corrected chi connectivity index (χ0v) is 10.8. The highest BCUT2D eigenvalue weighted by atomic mass is 79.9. The smallest absolute Gasteiger partial charge is 0.144 e. The standard InChI is InChI=1S/C13H7BrN4/c14-12-5-10(7-16)8-17-13(12)18-11-3-1-2-9(4-11)6-15/h1-5,8H,(H,17,18). The zero-order valence-electron chi connectivity index (χ0n) is 9.18. The van der Waals surface area contributed by atoms with Gasteiger partial charge in [-0.05, 0) is 40.2 Å². The van der Waals surface area contributed by atoms with Gasteiger partial charge in [-0.15, -0.1) is 0 Å². The summed E-state index contributed by atoms with van der Waals surface area (Å²) in [6, 6.07) is 12.9. The summed E-state index contributed by atoms with van der Waals surface area (Å²) >= 11 is 3.34. The van der Waals surface area contributed by atoms with Crippen molar-refractivity contribution in [3.05, 3.63) is 52.1 Å². The number of nitriles is 2. The van der Waals surface area contributed by atoms with Crippen molar-refractivity contribution < 1.29 is 0 Å². The van der Waals surface area contributed by atoms with Crippen LogP contribution < -0.4 is 5.32 Å². The Morgan fingerprint density at radius 1 is 1.11 bits per heavy atom. The van der Waals surface area contributed by atoms with E-state index < -0.39 is 0 Å². The van der Waals surface area contributed by atoms with Gasteiger partial charge in [-0.1, -0.05) is 6.07 Å². The second-order valence-corrected chi connectivity index (χ2v) is 4.34. The third kappa shape index (κ3) is 2.65. The average Bonchev–Trinajstić information content (AvgIpc) is 2.41. The highest BCUT2D eigenvalue weighted by Crippen LogP contribution is 2.24. The van der Waals surface area contributed by atoms with Crippen molar-refractivity contribution in [2.24, 2.45) is 0 Å². The van der Waals surface area contributed by atoms with Crippen LogP contribution in [-0.2, 0) is 0 Å². The first-order valence-corrected chi connectivity index (χ1v) is 5.85. The molecule has 0 aliphatic carbocycles. The van der Waals surface area contributed by atoms with Crippen LogP contribution in [0, 0.1) is 22.7 Å². The van der Waals surface area contributed by atoms with E-state index in [2.05, 4.69) is 32.3 Å². The molecule has 1 heterocycles. The number of hydrogen-bond donors (Lipinski definition) is 1. The normalized spacial score (nSPS) is 9.28. The molecule has 2 aromatic rings. The molecule has 0 aliphatic rings. The first kappa shape index (κ1) is 12.1. The van der Waals surface area contributed by atoms with Crippen molar-refractivity contribution in [3.8, 4) is 12.1 Å². The highest BCUT2D eigenvalue weighted by molar-refractivity contribution is 9.10. The second-order valence-electron chi connectivity index (χ2n) is 3.48. The third-order valence-corrected chi connectivity index (χ3v) is 2.83. The lowest BCUT2D eigenvalue weighted by Gasteiger charge is -2.07. The molecule has 4 nitrogen and oxygen atoms in total. The van der Waals surface area contributed by atoms with Crippen molar-refractivity contribution in [2.45, 2.75) is 0 Å². The summed E-state index contributed by atoms with van der Waals surface area (Å²) in [5, 5.41) is 20.6.